The van der Waals surface area contributed by atoms with Gasteiger partial charge in [-0.3, -0.25) is 4.79 Å². The Hall–Kier alpha value is -1.74. The predicted octanol–water partition coefficient (Wildman–Crippen LogP) is 6.15. The average Bonchev–Trinajstić information content (AvgIpc) is 3.17. The van der Waals surface area contributed by atoms with Crippen LogP contribution in [0.3, 0.4) is 0 Å². The Labute approximate surface area is 178 Å². The van der Waals surface area contributed by atoms with Gasteiger partial charge in [0.2, 0.25) is 0 Å². The highest BCUT2D eigenvalue weighted by molar-refractivity contribution is 8.01. The highest BCUT2D eigenvalue weighted by Gasteiger charge is 2.56. The number of ketones is 1. The summed E-state index contributed by atoms with van der Waals surface area (Å²) in [6.07, 6.45) is 15.1. The van der Waals surface area contributed by atoms with E-state index in [0.717, 1.165) is 25.7 Å². The zero-order chi connectivity index (χ0) is 20.0. The van der Waals surface area contributed by atoms with E-state index in [9.17, 15) is 4.79 Å². The molecule has 1 spiro atoms. The molecule has 5 aliphatic rings. The maximum atomic E-state index is 12.6. The van der Waals surface area contributed by atoms with Crippen LogP contribution in [0.4, 0.5) is 5.69 Å². The average molecular weight is 404 g/mol. The maximum absolute atomic E-state index is 12.6. The Morgan fingerprint density at radius 1 is 1.10 bits per heavy atom. The standard InChI is InChI=1S/C26H29NOS/c1-24-14-15-26(27(3)21-6-4-5-7-22(21)29-26)16-17(24)8-9-18-19-10-11-23(28)25(19,2)13-12-20(18)24/h4-7,12,14-16,18-19H,8-11,13H2,1-3H3/t18-,19-,24-,25-,26?/m0/s1. The van der Waals surface area contributed by atoms with Crippen LogP contribution < -0.4 is 4.90 Å². The zero-order valence-electron chi connectivity index (χ0n) is 17.6. The number of allylic oxidation sites excluding steroid dienone is 4. The first kappa shape index (κ1) is 18.1. The molecule has 29 heavy (non-hydrogen) atoms. The zero-order valence-corrected chi connectivity index (χ0v) is 18.4. The van der Waals surface area contributed by atoms with Crippen LogP contribution in [0.2, 0.25) is 0 Å². The summed E-state index contributed by atoms with van der Waals surface area (Å²) >= 11 is 1.97. The molecule has 2 nitrogen and oxygen atoms in total. The van der Waals surface area contributed by atoms with Gasteiger partial charge in [-0.1, -0.05) is 54.1 Å². The van der Waals surface area contributed by atoms with Crippen molar-refractivity contribution in [3.8, 4) is 0 Å². The fourth-order valence-electron chi connectivity index (χ4n) is 6.94. The van der Waals surface area contributed by atoms with Crippen molar-refractivity contribution in [3.05, 3.63) is 59.7 Å². The second-order valence-electron chi connectivity index (χ2n) is 10.1. The van der Waals surface area contributed by atoms with Gasteiger partial charge in [-0.05, 0) is 68.7 Å². The van der Waals surface area contributed by atoms with E-state index in [1.165, 1.54) is 17.0 Å². The van der Waals surface area contributed by atoms with Gasteiger partial charge >= 0.3 is 0 Å². The highest BCUT2D eigenvalue weighted by atomic mass is 32.2. The third-order valence-corrected chi connectivity index (χ3v) is 10.2. The van der Waals surface area contributed by atoms with Gasteiger partial charge in [0.1, 0.15) is 10.7 Å². The number of likely N-dealkylation sites (N-methyl/N-ethyl adjacent to an activating group) is 1. The van der Waals surface area contributed by atoms with Crippen LogP contribution >= 0.6 is 11.8 Å². The molecule has 0 bridgehead atoms. The van der Waals surface area contributed by atoms with Crippen molar-refractivity contribution in [2.45, 2.75) is 55.7 Å². The molecule has 1 unspecified atom stereocenters. The van der Waals surface area contributed by atoms with E-state index in [2.05, 4.69) is 74.4 Å². The Morgan fingerprint density at radius 3 is 2.76 bits per heavy atom. The molecule has 0 amide bonds. The van der Waals surface area contributed by atoms with Crippen molar-refractivity contribution in [2.75, 3.05) is 11.9 Å². The van der Waals surface area contributed by atoms with Crippen molar-refractivity contribution in [2.24, 2.45) is 22.7 Å². The molecule has 4 aliphatic carbocycles. The van der Waals surface area contributed by atoms with Crippen molar-refractivity contribution < 1.29 is 4.79 Å². The molecule has 1 aromatic carbocycles. The molecule has 150 valence electrons. The van der Waals surface area contributed by atoms with Gasteiger partial charge in [0.15, 0.2) is 0 Å². The number of carbonyl (C=O) groups is 1. The van der Waals surface area contributed by atoms with E-state index in [0.29, 0.717) is 17.6 Å². The molecule has 2 fully saturated rings. The number of para-hydroxylation sites is 1. The van der Waals surface area contributed by atoms with E-state index < -0.39 is 0 Å². The summed E-state index contributed by atoms with van der Waals surface area (Å²) in [5.41, 5.74) is 4.42. The topological polar surface area (TPSA) is 20.3 Å². The molecule has 0 saturated heterocycles. The largest absolute Gasteiger partial charge is 0.352 e. The number of fused-ring (bicyclic) bond motifs is 6. The summed E-state index contributed by atoms with van der Waals surface area (Å²) in [6.45, 7) is 4.66. The monoisotopic (exact) mass is 403 g/mol. The number of carbonyl (C=O) groups excluding carboxylic acids is 1. The van der Waals surface area contributed by atoms with Gasteiger partial charge in [-0.25, -0.2) is 0 Å². The minimum absolute atomic E-state index is 0.0251. The summed E-state index contributed by atoms with van der Waals surface area (Å²) in [6, 6.07) is 8.75. The second kappa shape index (κ2) is 5.69. The number of benzene rings is 1. The molecule has 3 heteroatoms. The van der Waals surface area contributed by atoms with Crippen LogP contribution in [0.15, 0.2) is 64.6 Å². The normalized spacial score (nSPS) is 42.2. The Morgan fingerprint density at radius 2 is 1.93 bits per heavy atom. The summed E-state index contributed by atoms with van der Waals surface area (Å²) in [5.74, 6) is 1.63. The lowest BCUT2D eigenvalue weighted by molar-refractivity contribution is -0.127. The number of nitrogens with zero attached hydrogens (tertiary/aromatic N) is 1. The van der Waals surface area contributed by atoms with Gasteiger partial charge < -0.3 is 4.90 Å². The van der Waals surface area contributed by atoms with Crippen molar-refractivity contribution >= 4 is 23.2 Å². The molecule has 5 atom stereocenters. The lowest BCUT2D eigenvalue weighted by Gasteiger charge is -2.52. The molecule has 1 heterocycles. The molecule has 1 aliphatic heterocycles. The van der Waals surface area contributed by atoms with Gasteiger partial charge in [0.05, 0.1) is 5.69 Å². The molecule has 0 N–H and O–H groups in total. The SMILES string of the molecule is CN1c2ccccc2SC12C=C[C@@]1(C)C(=C2)CC[C@@H]2C1=CC[C@]1(C)C(=O)CC[C@@H]21. The molecule has 1 aromatic rings. The van der Waals surface area contributed by atoms with Crippen LogP contribution in [-0.4, -0.2) is 17.7 Å². The van der Waals surface area contributed by atoms with Crippen molar-refractivity contribution in [1.82, 2.24) is 0 Å². The highest BCUT2D eigenvalue weighted by Crippen LogP contribution is 2.63. The minimum atomic E-state index is -0.103. The smallest absolute Gasteiger partial charge is 0.139 e. The maximum Gasteiger partial charge on any atom is 0.139 e. The lowest BCUT2D eigenvalue weighted by Crippen LogP contribution is -2.46. The molecule has 2 saturated carbocycles. The van der Waals surface area contributed by atoms with E-state index in [1.807, 2.05) is 11.8 Å². The summed E-state index contributed by atoms with van der Waals surface area (Å²) in [7, 11) is 2.23. The second-order valence-corrected chi connectivity index (χ2v) is 11.4. The first-order valence-electron chi connectivity index (χ1n) is 11.1. The van der Waals surface area contributed by atoms with Crippen LogP contribution in [0.25, 0.3) is 0 Å². The van der Waals surface area contributed by atoms with Crippen molar-refractivity contribution in [1.29, 1.82) is 0 Å². The third kappa shape index (κ3) is 2.18. The quantitative estimate of drug-likeness (QED) is 0.484. The molecular formula is C26H29NOS. The Balaban J connectivity index is 1.40. The van der Waals surface area contributed by atoms with E-state index in [-0.39, 0.29) is 15.7 Å². The van der Waals surface area contributed by atoms with Crippen LogP contribution in [0.1, 0.15) is 46.0 Å². The third-order valence-electron chi connectivity index (χ3n) is 8.82. The number of hydrogen-bond donors (Lipinski definition) is 0. The van der Waals surface area contributed by atoms with Gasteiger partial charge in [0.25, 0.3) is 0 Å². The molecule has 6 rings (SSSR count). The summed E-state index contributed by atoms with van der Waals surface area (Å²) in [5, 5.41) is 0. The number of Topliss-reactive ketones (excluding diaryl/α,β-unsaturated/α-hetero) is 1. The molecule has 0 radical (unpaired) electrons. The fraction of sp³-hybridized carbons (Fsp3) is 0.500. The Bertz CT molecular complexity index is 1020. The predicted molar refractivity (Wildman–Crippen MR) is 120 cm³/mol. The first-order chi connectivity index (χ1) is 13.9. The fourth-order valence-corrected chi connectivity index (χ4v) is 8.32. The first-order valence-corrected chi connectivity index (χ1v) is 11.9. The summed E-state index contributed by atoms with van der Waals surface area (Å²) < 4.78 is 0. The van der Waals surface area contributed by atoms with Crippen molar-refractivity contribution in [3.63, 3.8) is 0 Å². The molecular weight excluding hydrogens is 374 g/mol. The van der Waals surface area contributed by atoms with Gasteiger partial charge in [0, 0.05) is 29.2 Å². The van der Waals surface area contributed by atoms with Crippen LogP contribution in [0, 0.1) is 22.7 Å². The lowest BCUT2D eigenvalue weighted by atomic mass is 9.53. The van der Waals surface area contributed by atoms with E-state index in [4.69, 9.17) is 0 Å². The number of anilines is 1. The number of thioether (sulfide) groups is 1. The van der Waals surface area contributed by atoms with Gasteiger partial charge in [-0.15, -0.1) is 0 Å². The van der Waals surface area contributed by atoms with E-state index in [1.54, 1.807) is 11.1 Å². The Kier molecular flexibility index (Phi) is 3.54. The van der Waals surface area contributed by atoms with Crippen LogP contribution in [0.5, 0.6) is 0 Å². The minimum Gasteiger partial charge on any atom is -0.352 e. The van der Waals surface area contributed by atoms with Crippen LogP contribution in [-0.2, 0) is 4.79 Å². The number of hydrogen-bond acceptors (Lipinski definition) is 3. The number of rotatable bonds is 0. The van der Waals surface area contributed by atoms with Gasteiger partial charge in [-0.2, -0.15) is 0 Å². The summed E-state index contributed by atoms with van der Waals surface area (Å²) in [4.78, 5) is 16.3. The van der Waals surface area contributed by atoms with E-state index >= 15 is 0 Å². The molecule has 0 aromatic heterocycles.